The minimum atomic E-state index is -0.0793. The largest absolute Gasteiger partial charge is 0.475 e. The molecule has 1 aromatic carbocycles. The van der Waals surface area contributed by atoms with Crippen molar-refractivity contribution in [2.45, 2.75) is 33.2 Å². The summed E-state index contributed by atoms with van der Waals surface area (Å²) in [5.74, 6) is 0.801. The van der Waals surface area contributed by atoms with Crippen molar-refractivity contribution in [2.75, 3.05) is 6.61 Å². The van der Waals surface area contributed by atoms with Gasteiger partial charge in [0.1, 0.15) is 6.61 Å². The highest BCUT2D eigenvalue weighted by atomic mass is 16.5. The average molecular weight is 203 g/mol. The lowest BCUT2D eigenvalue weighted by Crippen LogP contribution is -2.17. The summed E-state index contributed by atoms with van der Waals surface area (Å²) in [5, 5.41) is 0. The Bertz CT molecular complexity index is 398. The number of aryl methyl sites for hydroxylation is 2. The van der Waals surface area contributed by atoms with E-state index in [9.17, 15) is 0 Å². The zero-order chi connectivity index (χ0) is 11.1. The molecule has 0 atom stereocenters. The van der Waals surface area contributed by atoms with Crippen LogP contribution in [0.3, 0.4) is 0 Å². The van der Waals surface area contributed by atoms with E-state index in [-0.39, 0.29) is 5.54 Å². The molecule has 1 aliphatic rings. The molecule has 80 valence electrons. The van der Waals surface area contributed by atoms with Gasteiger partial charge in [-0.3, -0.25) is 0 Å². The molecule has 0 fully saturated rings. The smallest absolute Gasteiger partial charge is 0.217 e. The van der Waals surface area contributed by atoms with Crippen LogP contribution in [0.5, 0.6) is 0 Å². The molecule has 2 rings (SSSR count). The molecule has 0 saturated carbocycles. The fourth-order valence-corrected chi connectivity index (χ4v) is 1.86. The van der Waals surface area contributed by atoms with Gasteiger partial charge in [0.05, 0.1) is 5.54 Å². The zero-order valence-electron chi connectivity index (χ0n) is 9.79. The minimum Gasteiger partial charge on any atom is -0.475 e. The molecule has 0 radical (unpaired) electrons. The highest BCUT2D eigenvalue weighted by Crippen LogP contribution is 2.24. The quantitative estimate of drug-likeness (QED) is 0.687. The zero-order valence-corrected chi connectivity index (χ0v) is 9.79. The van der Waals surface area contributed by atoms with Crippen molar-refractivity contribution in [3.05, 3.63) is 34.9 Å². The van der Waals surface area contributed by atoms with E-state index >= 15 is 0 Å². The van der Waals surface area contributed by atoms with Crippen LogP contribution in [0, 0.1) is 13.8 Å². The van der Waals surface area contributed by atoms with Crippen LogP contribution in [0.25, 0.3) is 0 Å². The molecule has 0 unspecified atom stereocenters. The van der Waals surface area contributed by atoms with E-state index in [1.54, 1.807) is 0 Å². The van der Waals surface area contributed by atoms with Crippen LogP contribution < -0.4 is 0 Å². The van der Waals surface area contributed by atoms with Crippen LogP contribution in [0.15, 0.2) is 23.2 Å². The van der Waals surface area contributed by atoms with Gasteiger partial charge in [0.25, 0.3) is 0 Å². The normalized spacial score (nSPS) is 18.5. The summed E-state index contributed by atoms with van der Waals surface area (Å²) in [5.41, 5.74) is 3.53. The standard InChI is InChI=1S/C13H17NO/c1-9-6-5-7-10(2)11(9)12-14-13(3,4)8-15-12/h5-7H,8H2,1-4H3. The van der Waals surface area contributed by atoms with Crippen molar-refractivity contribution in [1.29, 1.82) is 0 Å². The predicted octanol–water partition coefficient (Wildman–Crippen LogP) is 2.86. The van der Waals surface area contributed by atoms with Gasteiger partial charge in [-0.1, -0.05) is 18.2 Å². The van der Waals surface area contributed by atoms with Crippen LogP contribution in [-0.4, -0.2) is 18.0 Å². The SMILES string of the molecule is Cc1cccc(C)c1C1=NC(C)(C)CO1. The van der Waals surface area contributed by atoms with E-state index in [0.29, 0.717) is 6.61 Å². The Kier molecular flexibility index (Phi) is 2.29. The van der Waals surface area contributed by atoms with E-state index in [0.717, 1.165) is 11.5 Å². The lowest BCUT2D eigenvalue weighted by Gasteiger charge is -2.08. The Morgan fingerprint density at radius 1 is 1.20 bits per heavy atom. The van der Waals surface area contributed by atoms with Gasteiger partial charge in [-0.2, -0.15) is 0 Å². The Morgan fingerprint density at radius 3 is 2.27 bits per heavy atom. The summed E-state index contributed by atoms with van der Waals surface area (Å²) in [7, 11) is 0. The third kappa shape index (κ3) is 1.89. The van der Waals surface area contributed by atoms with Crippen LogP contribution in [0.2, 0.25) is 0 Å². The Hall–Kier alpha value is -1.31. The van der Waals surface area contributed by atoms with Crippen molar-refractivity contribution in [3.8, 4) is 0 Å². The fraction of sp³-hybridized carbons (Fsp3) is 0.462. The number of aliphatic imine (C=N–C) groups is 1. The summed E-state index contributed by atoms with van der Waals surface area (Å²) in [6, 6.07) is 6.26. The van der Waals surface area contributed by atoms with E-state index in [1.807, 2.05) is 0 Å². The number of nitrogens with zero attached hydrogens (tertiary/aromatic N) is 1. The molecule has 2 nitrogen and oxygen atoms in total. The Labute approximate surface area is 91.0 Å². The minimum absolute atomic E-state index is 0.0793. The number of rotatable bonds is 1. The van der Waals surface area contributed by atoms with Gasteiger partial charge in [0.2, 0.25) is 5.90 Å². The van der Waals surface area contributed by atoms with Gasteiger partial charge in [0.15, 0.2) is 0 Å². The van der Waals surface area contributed by atoms with Crippen molar-refractivity contribution in [1.82, 2.24) is 0 Å². The molecule has 0 spiro atoms. The third-order valence-electron chi connectivity index (χ3n) is 2.66. The fourth-order valence-electron chi connectivity index (χ4n) is 1.86. The lowest BCUT2D eigenvalue weighted by atomic mass is 10.0. The molecule has 1 heterocycles. The molecule has 0 saturated heterocycles. The van der Waals surface area contributed by atoms with Gasteiger partial charge in [0, 0.05) is 5.56 Å². The highest BCUT2D eigenvalue weighted by molar-refractivity contribution is 5.98. The van der Waals surface area contributed by atoms with Crippen molar-refractivity contribution < 1.29 is 4.74 Å². The van der Waals surface area contributed by atoms with Crippen LogP contribution in [-0.2, 0) is 4.74 Å². The monoisotopic (exact) mass is 203 g/mol. The third-order valence-corrected chi connectivity index (χ3v) is 2.66. The van der Waals surface area contributed by atoms with Gasteiger partial charge < -0.3 is 4.74 Å². The van der Waals surface area contributed by atoms with Crippen molar-refractivity contribution in [2.24, 2.45) is 4.99 Å². The first kappa shape index (κ1) is 10.2. The first-order valence-corrected chi connectivity index (χ1v) is 5.29. The molecule has 1 aliphatic heterocycles. The Balaban J connectivity index is 2.48. The number of hydrogen-bond donors (Lipinski definition) is 0. The molecule has 0 N–H and O–H groups in total. The van der Waals surface area contributed by atoms with E-state index in [2.05, 4.69) is 50.9 Å². The molecule has 0 amide bonds. The lowest BCUT2D eigenvalue weighted by molar-refractivity contribution is 0.279. The van der Waals surface area contributed by atoms with Crippen molar-refractivity contribution >= 4 is 5.90 Å². The van der Waals surface area contributed by atoms with E-state index in [1.165, 1.54) is 11.1 Å². The molecular weight excluding hydrogens is 186 g/mol. The second-order valence-corrected chi connectivity index (χ2v) is 4.78. The van der Waals surface area contributed by atoms with Crippen molar-refractivity contribution in [3.63, 3.8) is 0 Å². The van der Waals surface area contributed by atoms with E-state index < -0.39 is 0 Å². The first-order chi connectivity index (χ1) is 6.99. The molecule has 2 heteroatoms. The summed E-state index contributed by atoms with van der Waals surface area (Å²) in [6.45, 7) is 9.05. The van der Waals surface area contributed by atoms with Crippen LogP contribution in [0.1, 0.15) is 30.5 Å². The Morgan fingerprint density at radius 2 is 1.80 bits per heavy atom. The molecule has 0 aliphatic carbocycles. The number of hydrogen-bond acceptors (Lipinski definition) is 2. The predicted molar refractivity (Wildman–Crippen MR) is 62.5 cm³/mol. The van der Waals surface area contributed by atoms with Gasteiger partial charge >= 0.3 is 0 Å². The summed E-state index contributed by atoms with van der Waals surface area (Å²) >= 11 is 0. The summed E-state index contributed by atoms with van der Waals surface area (Å²) < 4.78 is 5.67. The maximum Gasteiger partial charge on any atom is 0.217 e. The van der Waals surface area contributed by atoms with E-state index in [4.69, 9.17) is 4.74 Å². The van der Waals surface area contributed by atoms with Gasteiger partial charge in [-0.25, -0.2) is 4.99 Å². The summed E-state index contributed by atoms with van der Waals surface area (Å²) in [6.07, 6.45) is 0. The van der Waals surface area contributed by atoms with Gasteiger partial charge in [-0.15, -0.1) is 0 Å². The molecule has 0 bridgehead atoms. The topological polar surface area (TPSA) is 21.6 Å². The first-order valence-electron chi connectivity index (χ1n) is 5.29. The molecule has 1 aromatic rings. The molecule has 15 heavy (non-hydrogen) atoms. The molecule has 0 aromatic heterocycles. The maximum absolute atomic E-state index is 5.67. The maximum atomic E-state index is 5.67. The van der Waals surface area contributed by atoms with Gasteiger partial charge in [-0.05, 0) is 38.8 Å². The molecular formula is C13H17NO. The van der Waals surface area contributed by atoms with Crippen LogP contribution >= 0.6 is 0 Å². The number of benzene rings is 1. The summed E-state index contributed by atoms with van der Waals surface area (Å²) in [4.78, 5) is 4.61. The second kappa shape index (κ2) is 3.37. The van der Waals surface area contributed by atoms with Crippen LogP contribution in [0.4, 0.5) is 0 Å². The number of ether oxygens (including phenoxy) is 1. The highest BCUT2D eigenvalue weighted by Gasteiger charge is 2.28. The average Bonchev–Trinajstić information content (AvgIpc) is 2.46. The second-order valence-electron chi connectivity index (χ2n) is 4.78.